The Hall–Kier alpha value is -3.88. The van der Waals surface area contributed by atoms with Gasteiger partial charge in [-0.2, -0.15) is 13.2 Å². The van der Waals surface area contributed by atoms with Crippen molar-refractivity contribution in [3.8, 4) is 17.2 Å². The smallest absolute Gasteiger partial charge is 0.433 e. The van der Waals surface area contributed by atoms with Crippen molar-refractivity contribution < 1.29 is 22.3 Å². The Morgan fingerprint density at radius 1 is 0.976 bits per heavy atom. The summed E-state index contributed by atoms with van der Waals surface area (Å²) in [4.78, 5) is 14.3. The van der Waals surface area contributed by atoms with Crippen LogP contribution in [-0.4, -0.2) is 34.6 Å². The van der Waals surface area contributed by atoms with Gasteiger partial charge in [-0.3, -0.25) is 0 Å². The number of halogens is 3. The van der Waals surface area contributed by atoms with E-state index in [1.165, 1.54) is 11.8 Å². The first-order valence-electron chi connectivity index (χ1n) is 13.9. The van der Waals surface area contributed by atoms with E-state index in [0.29, 0.717) is 37.9 Å². The van der Waals surface area contributed by atoms with Gasteiger partial charge in [-0.05, 0) is 72.6 Å². The highest BCUT2D eigenvalue weighted by molar-refractivity contribution is 5.54. The number of aromatic nitrogens is 3. The number of rotatable bonds is 8. The fourth-order valence-corrected chi connectivity index (χ4v) is 5.06. The Kier molecular flexibility index (Phi) is 8.07. The summed E-state index contributed by atoms with van der Waals surface area (Å²) >= 11 is 0. The Morgan fingerprint density at radius 3 is 2.39 bits per heavy atom. The summed E-state index contributed by atoms with van der Waals surface area (Å²) in [6.07, 6.45) is -0.973. The van der Waals surface area contributed by atoms with Crippen LogP contribution in [0.1, 0.15) is 55.5 Å². The van der Waals surface area contributed by atoms with E-state index in [0.717, 1.165) is 47.2 Å². The van der Waals surface area contributed by atoms with Crippen LogP contribution < -0.4 is 9.64 Å². The molecule has 0 bridgehead atoms. The molecule has 2 aromatic carbocycles. The zero-order valence-corrected chi connectivity index (χ0v) is 23.8. The van der Waals surface area contributed by atoms with Crippen molar-refractivity contribution in [2.75, 3.05) is 24.6 Å². The Balaban J connectivity index is 1.11. The normalized spacial score (nSPS) is 15.9. The maximum Gasteiger partial charge on any atom is 0.433 e. The quantitative estimate of drug-likeness (QED) is 0.222. The van der Waals surface area contributed by atoms with E-state index in [2.05, 4.69) is 55.0 Å². The molecule has 1 atom stereocenters. The third-order valence-corrected chi connectivity index (χ3v) is 7.45. The maximum absolute atomic E-state index is 13.0. The van der Waals surface area contributed by atoms with Gasteiger partial charge in [-0.25, -0.2) is 15.0 Å². The number of aryl methyl sites for hydroxylation is 1. The van der Waals surface area contributed by atoms with Crippen molar-refractivity contribution in [1.29, 1.82) is 0 Å². The number of anilines is 1. The number of hydrogen-bond donors (Lipinski definition) is 0. The highest BCUT2D eigenvalue weighted by Crippen LogP contribution is 2.31. The highest BCUT2D eigenvalue weighted by atomic mass is 19.4. The fourth-order valence-electron chi connectivity index (χ4n) is 5.06. The van der Waals surface area contributed by atoms with Gasteiger partial charge in [0.25, 0.3) is 0 Å². The van der Waals surface area contributed by atoms with Crippen molar-refractivity contribution in [1.82, 2.24) is 15.0 Å². The van der Waals surface area contributed by atoms with Gasteiger partial charge in [-0.1, -0.05) is 45.0 Å². The van der Waals surface area contributed by atoms with E-state index in [1.807, 2.05) is 36.1 Å². The number of alkyl halides is 3. The molecule has 0 amide bonds. The fraction of sp³-hybridized carbons (Fsp3) is 0.406. The van der Waals surface area contributed by atoms with Crippen LogP contribution in [0.3, 0.4) is 0 Å². The predicted molar refractivity (Wildman–Crippen MR) is 152 cm³/mol. The SMILES string of the molecule is Cc1oc(-c2ccc(C(C)(C)C)cc2)nc1CCOc1ccc(C[C@H]2CCN(c3nccc(C(F)(F)F)n3)C2)cc1. The molecule has 2 aromatic heterocycles. The summed E-state index contributed by atoms with van der Waals surface area (Å²) in [6, 6.07) is 17.2. The molecule has 0 aliphatic carbocycles. The number of ether oxygens (including phenoxy) is 1. The largest absolute Gasteiger partial charge is 0.493 e. The molecule has 1 aliphatic rings. The first-order chi connectivity index (χ1) is 19.5. The van der Waals surface area contributed by atoms with Crippen molar-refractivity contribution in [2.24, 2.45) is 5.92 Å². The zero-order valence-electron chi connectivity index (χ0n) is 23.8. The van der Waals surface area contributed by atoms with E-state index in [-0.39, 0.29) is 11.4 Å². The molecule has 0 saturated carbocycles. The molecular formula is C32H35F3N4O2. The van der Waals surface area contributed by atoms with Gasteiger partial charge in [0.15, 0.2) is 0 Å². The lowest BCUT2D eigenvalue weighted by Crippen LogP contribution is -2.23. The zero-order chi connectivity index (χ0) is 29.2. The van der Waals surface area contributed by atoms with Crippen LogP contribution in [0.25, 0.3) is 11.5 Å². The van der Waals surface area contributed by atoms with Crippen LogP contribution in [0.2, 0.25) is 0 Å². The Labute approximate surface area is 238 Å². The molecule has 4 aromatic rings. The van der Waals surface area contributed by atoms with E-state index in [1.54, 1.807) is 0 Å². The summed E-state index contributed by atoms with van der Waals surface area (Å²) in [7, 11) is 0. The van der Waals surface area contributed by atoms with Crippen LogP contribution in [0.4, 0.5) is 19.1 Å². The highest BCUT2D eigenvalue weighted by Gasteiger charge is 2.34. The topological polar surface area (TPSA) is 64.3 Å². The van der Waals surface area contributed by atoms with Crippen molar-refractivity contribution in [3.05, 3.63) is 89.1 Å². The molecule has 0 spiro atoms. The monoisotopic (exact) mass is 564 g/mol. The van der Waals surface area contributed by atoms with Crippen molar-refractivity contribution in [3.63, 3.8) is 0 Å². The van der Waals surface area contributed by atoms with Gasteiger partial charge in [0.2, 0.25) is 11.8 Å². The summed E-state index contributed by atoms with van der Waals surface area (Å²) < 4.78 is 50.9. The molecule has 216 valence electrons. The lowest BCUT2D eigenvalue weighted by Gasteiger charge is -2.18. The van der Waals surface area contributed by atoms with Crippen LogP contribution in [0.15, 0.2) is 65.2 Å². The molecule has 1 fully saturated rings. The minimum absolute atomic E-state index is 0.0918. The molecule has 5 rings (SSSR count). The molecule has 6 nitrogen and oxygen atoms in total. The van der Waals surface area contributed by atoms with Gasteiger partial charge < -0.3 is 14.1 Å². The first-order valence-corrected chi connectivity index (χ1v) is 13.9. The second-order valence-corrected chi connectivity index (χ2v) is 11.6. The third kappa shape index (κ3) is 7.07. The molecule has 9 heteroatoms. The summed E-state index contributed by atoms with van der Waals surface area (Å²) in [6.45, 7) is 10.2. The first kappa shape index (κ1) is 28.6. The average molecular weight is 565 g/mol. The summed E-state index contributed by atoms with van der Waals surface area (Å²) in [5.74, 6) is 2.64. The van der Waals surface area contributed by atoms with Gasteiger partial charge in [0, 0.05) is 31.3 Å². The van der Waals surface area contributed by atoms with E-state index >= 15 is 0 Å². The van der Waals surface area contributed by atoms with Crippen molar-refractivity contribution >= 4 is 5.95 Å². The van der Waals surface area contributed by atoms with Crippen LogP contribution in [-0.2, 0) is 24.4 Å². The molecular weight excluding hydrogens is 529 g/mol. The molecule has 0 N–H and O–H groups in total. The molecule has 41 heavy (non-hydrogen) atoms. The van der Waals surface area contributed by atoms with E-state index in [9.17, 15) is 13.2 Å². The number of hydrogen-bond acceptors (Lipinski definition) is 6. The van der Waals surface area contributed by atoms with E-state index < -0.39 is 11.9 Å². The van der Waals surface area contributed by atoms with Gasteiger partial charge in [0.1, 0.15) is 17.2 Å². The minimum atomic E-state index is -4.48. The average Bonchev–Trinajstić information content (AvgIpc) is 3.55. The lowest BCUT2D eigenvalue weighted by molar-refractivity contribution is -0.141. The third-order valence-electron chi connectivity index (χ3n) is 7.45. The predicted octanol–water partition coefficient (Wildman–Crippen LogP) is 7.45. The summed E-state index contributed by atoms with van der Waals surface area (Å²) in [5, 5.41) is 0. The second-order valence-electron chi connectivity index (χ2n) is 11.6. The van der Waals surface area contributed by atoms with Crippen LogP contribution in [0, 0.1) is 12.8 Å². The maximum atomic E-state index is 13.0. The minimum Gasteiger partial charge on any atom is -0.493 e. The molecule has 0 unspecified atom stereocenters. The van der Waals surface area contributed by atoms with Crippen LogP contribution >= 0.6 is 0 Å². The summed E-state index contributed by atoms with van der Waals surface area (Å²) in [5.41, 5.74) is 3.44. The molecule has 0 radical (unpaired) electrons. The van der Waals surface area contributed by atoms with Gasteiger partial charge in [-0.15, -0.1) is 0 Å². The van der Waals surface area contributed by atoms with E-state index in [4.69, 9.17) is 14.1 Å². The standard InChI is InChI=1S/C32H35F3N4O2/c1-21-27(37-29(41-21)24-7-9-25(10-8-24)31(2,3)4)15-18-40-26-11-5-22(6-12-26)19-23-14-17-39(20-23)30-36-16-13-28(38-30)32(33,34)35/h5-13,16,23H,14-15,17-20H2,1-4H3/t23-/m1/s1. The van der Waals surface area contributed by atoms with Crippen LogP contribution in [0.5, 0.6) is 5.75 Å². The van der Waals surface area contributed by atoms with Gasteiger partial charge in [0.05, 0.1) is 12.3 Å². The van der Waals surface area contributed by atoms with Crippen molar-refractivity contribution in [2.45, 2.75) is 58.5 Å². The van der Waals surface area contributed by atoms with Gasteiger partial charge >= 0.3 is 6.18 Å². The second kappa shape index (κ2) is 11.5. The number of benzene rings is 2. The Bertz CT molecular complexity index is 1460. The molecule has 1 aliphatic heterocycles. The lowest BCUT2D eigenvalue weighted by atomic mass is 9.87. The molecule has 3 heterocycles. The Morgan fingerprint density at radius 2 is 1.71 bits per heavy atom. The molecule has 1 saturated heterocycles. The number of oxazole rings is 1. The number of nitrogens with zero attached hydrogens (tertiary/aromatic N) is 4.